The minimum atomic E-state index is -0.156. The number of hydrogen-bond donors (Lipinski definition) is 0. The molecule has 1 saturated heterocycles. The van der Waals surface area contributed by atoms with Gasteiger partial charge in [-0.25, -0.2) is 0 Å². The zero-order valence-electron chi connectivity index (χ0n) is 14.4. The number of esters is 1. The molecule has 0 amide bonds. The van der Waals surface area contributed by atoms with Crippen LogP contribution in [-0.4, -0.2) is 32.1 Å². The van der Waals surface area contributed by atoms with Gasteiger partial charge in [-0.1, -0.05) is 37.1 Å². The molecule has 2 fully saturated rings. The number of carbonyl (C=O) groups excluding carboxylic acids is 1. The number of cyclic esters (lactones) is 1. The van der Waals surface area contributed by atoms with Crippen LogP contribution in [0.4, 0.5) is 0 Å². The number of aromatic nitrogens is 3. The highest BCUT2D eigenvalue weighted by molar-refractivity contribution is 8.00. The molecule has 1 aliphatic carbocycles. The molecule has 0 aromatic carbocycles. The van der Waals surface area contributed by atoms with Gasteiger partial charge in [0.1, 0.15) is 17.2 Å². The quantitative estimate of drug-likeness (QED) is 0.730. The smallest absolute Gasteiger partial charge is 0.319 e. The molecule has 0 spiro atoms. The lowest BCUT2D eigenvalue weighted by Gasteiger charge is -2.25. The van der Waals surface area contributed by atoms with Crippen LogP contribution >= 0.6 is 23.1 Å². The van der Waals surface area contributed by atoms with Crippen molar-refractivity contribution in [3.63, 3.8) is 0 Å². The number of thioether (sulfide) groups is 1. The van der Waals surface area contributed by atoms with Crippen molar-refractivity contribution in [2.24, 2.45) is 0 Å². The minimum absolute atomic E-state index is 0.00152. The molecule has 4 rings (SSSR count). The maximum Gasteiger partial charge on any atom is 0.319 e. The predicted octanol–water partition coefficient (Wildman–Crippen LogP) is 4.23. The standard InChI is InChI=1S/C18H23N3O2S2/c1-12-10-15(17(22)23-12)25-18-20-19-16(11-14-8-5-9-24-14)21(18)13-6-3-2-4-7-13/h5,8-9,12-13,15H,2-4,6-7,10-11H2,1H3. The maximum absolute atomic E-state index is 12.0. The summed E-state index contributed by atoms with van der Waals surface area (Å²) in [6, 6.07) is 4.68. The zero-order valence-corrected chi connectivity index (χ0v) is 16.0. The van der Waals surface area contributed by atoms with E-state index in [4.69, 9.17) is 4.74 Å². The summed E-state index contributed by atoms with van der Waals surface area (Å²) in [6.45, 7) is 1.95. The van der Waals surface area contributed by atoms with Crippen LogP contribution < -0.4 is 0 Å². The Morgan fingerprint density at radius 1 is 1.32 bits per heavy atom. The van der Waals surface area contributed by atoms with Gasteiger partial charge in [-0.05, 0) is 31.2 Å². The summed E-state index contributed by atoms with van der Waals surface area (Å²) >= 11 is 3.29. The molecule has 7 heteroatoms. The monoisotopic (exact) mass is 377 g/mol. The summed E-state index contributed by atoms with van der Waals surface area (Å²) in [7, 11) is 0. The van der Waals surface area contributed by atoms with E-state index in [0.717, 1.165) is 23.8 Å². The third-order valence-corrected chi connectivity index (χ3v) is 7.00. The predicted molar refractivity (Wildman–Crippen MR) is 99.1 cm³/mol. The average molecular weight is 378 g/mol. The van der Waals surface area contributed by atoms with E-state index in [1.807, 2.05) is 6.92 Å². The summed E-state index contributed by atoms with van der Waals surface area (Å²) in [5.74, 6) is 0.909. The molecule has 2 aromatic heterocycles. The van der Waals surface area contributed by atoms with Crippen molar-refractivity contribution in [1.82, 2.24) is 14.8 Å². The summed E-state index contributed by atoms with van der Waals surface area (Å²) in [4.78, 5) is 13.3. The Morgan fingerprint density at radius 2 is 2.16 bits per heavy atom. The largest absolute Gasteiger partial charge is 0.462 e. The highest BCUT2D eigenvalue weighted by Gasteiger charge is 2.35. The molecular formula is C18H23N3O2S2. The lowest BCUT2D eigenvalue weighted by Crippen LogP contribution is -2.18. The lowest BCUT2D eigenvalue weighted by atomic mass is 9.95. The number of carbonyl (C=O) groups is 1. The van der Waals surface area contributed by atoms with Crippen LogP contribution in [0, 0.1) is 0 Å². The van der Waals surface area contributed by atoms with Crippen LogP contribution in [0.5, 0.6) is 0 Å². The van der Waals surface area contributed by atoms with E-state index in [2.05, 4.69) is 32.3 Å². The van der Waals surface area contributed by atoms with Gasteiger partial charge in [0.15, 0.2) is 5.16 Å². The highest BCUT2D eigenvalue weighted by atomic mass is 32.2. The Labute approximate surface area is 156 Å². The first kappa shape index (κ1) is 17.1. The normalized spacial score (nSPS) is 24.6. The summed E-state index contributed by atoms with van der Waals surface area (Å²) in [5, 5.41) is 11.8. The van der Waals surface area contributed by atoms with Gasteiger partial charge in [0, 0.05) is 23.8 Å². The maximum atomic E-state index is 12.0. The summed E-state index contributed by atoms with van der Waals surface area (Å²) in [5.41, 5.74) is 0. The van der Waals surface area contributed by atoms with Crippen molar-refractivity contribution in [3.8, 4) is 0 Å². The number of thiophene rings is 1. The third kappa shape index (κ3) is 3.77. The highest BCUT2D eigenvalue weighted by Crippen LogP contribution is 2.37. The Bertz CT molecular complexity index is 723. The van der Waals surface area contributed by atoms with Crippen LogP contribution in [0.2, 0.25) is 0 Å². The molecule has 1 saturated carbocycles. The first-order valence-corrected chi connectivity index (χ1v) is 10.8. The van der Waals surface area contributed by atoms with E-state index in [-0.39, 0.29) is 17.3 Å². The topological polar surface area (TPSA) is 57.0 Å². The van der Waals surface area contributed by atoms with E-state index in [1.165, 1.54) is 48.7 Å². The van der Waals surface area contributed by atoms with Crippen LogP contribution in [-0.2, 0) is 16.0 Å². The van der Waals surface area contributed by atoms with Crippen LogP contribution in [0.25, 0.3) is 0 Å². The molecule has 0 radical (unpaired) electrons. The van der Waals surface area contributed by atoms with Crippen molar-refractivity contribution < 1.29 is 9.53 Å². The summed E-state index contributed by atoms with van der Waals surface area (Å²) < 4.78 is 7.63. The van der Waals surface area contributed by atoms with Crippen molar-refractivity contribution in [2.45, 2.75) is 74.4 Å². The molecular weight excluding hydrogens is 354 g/mol. The fourth-order valence-electron chi connectivity index (χ4n) is 3.73. The van der Waals surface area contributed by atoms with Gasteiger partial charge in [-0.3, -0.25) is 4.79 Å². The second-order valence-electron chi connectivity index (χ2n) is 6.91. The van der Waals surface area contributed by atoms with Gasteiger partial charge in [-0.15, -0.1) is 21.5 Å². The Kier molecular flexibility index (Phi) is 5.12. The van der Waals surface area contributed by atoms with Crippen LogP contribution in [0.15, 0.2) is 22.7 Å². The molecule has 0 bridgehead atoms. The molecule has 5 nitrogen and oxygen atoms in total. The fraction of sp³-hybridized carbons (Fsp3) is 0.611. The van der Waals surface area contributed by atoms with Crippen molar-refractivity contribution >= 4 is 29.1 Å². The average Bonchev–Trinajstić information content (AvgIpc) is 3.32. The molecule has 2 aliphatic rings. The zero-order chi connectivity index (χ0) is 17.2. The molecule has 1 aliphatic heterocycles. The molecule has 0 N–H and O–H groups in total. The van der Waals surface area contributed by atoms with Gasteiger partial charge in [0.25, 0.3) is 0 Å². The van der Waals surface area contributed by atoms with Crippen LogP contribution in [0.3, 0.4) is 0 Å². The Hall–Kier alpha value is -1.34. The van der Waals surface area contributed by atoms with Gasteiger partial charge in [0.2, 0.25) is 0 Å². The first-order chi connectivity index (χ1) is 12.2. The van der Waals surface area contributed by atoms with E-state index in [0.29, 0.717) is 6.04 Å². The molecule has 2 unspecified atom stereocenters. The molecule has 3 heterocycles. The number of ether oxygens (including phenoxy) is 1. The minimum Gasteiger partial charge on any atom is -0.462 e. The van der Waals surface area contributed by atoms with E-state index >= 15 is 0 Å². The fourth-order valence-corrected chi connectivity index (χ4v) is 5.66. The Balaban J connectivity index is 1.61. The number of nitrogens with zero attached hydrogens (tertiary/aromatic N) is 3. The Morgan fingerprint density at radius 3 is 2.84 bits per heavy atom. The summed E-state index contributed by atoms with van der Waals surface area (Å²) in [6.07, 6.45) is 7.74. The van der Waals surface area contributed by atoms with Crippen molar-refractivity contribution in [2.75, 3.05) is 0 Å². The van der Waals surface area contributed by atoms with E-state index < -0.39 is 0 Å². The van der Waals surface area contributed by atoms with E-state index in [9.17, 15) is 4.79 Å². The van der Waals surface area contributed by atoms with Gasteiger partial charge in [-0.2, -0.15) is 0 Å². The first-order valence-electron chi connectivity index (χ1n) is 9.04. The lowest BCUT2D eigenvalue weighted by molar-refractivity contribution is -0.140. The molecule has 134 valence electrons. The van der Waals surface area contributed by atoms with Crippen LogP contribution in [0.1, 0.15) is 62.2 Å². The second kappa shape index (κ2) is 7.50. The van der Waals surface area contributed by atoms with Gasteiger partial charge in [0.05, 0.1) is 0 Å². The molecule has 2 aromatic rings. The van der Waals surface area contributed by atoms with Gasteiger partial charge < -0.3 is 9.30 Å². The van der Waals surface area contributed by atoms with E-state index in [1.54, 1.807) is 11.3 Å². The number of hydrogen-bond acceptors (Lipinski definition) is 6. The SMILES string of the molecule is CC1CC(Sc2nnc(Cc3cccs3)n2C2CCCCC2)C(=O)O1. The second-order valence-corrected chi connectivity index (χ2v) is 9.11. The molecule has 25 heavy (non-hydrogen) atoms. The van der Waals surface area contributed by atoms with Crippen molar-refractivity contribution in [1.29, 1.82) is 0 Å². The number of rotatable bonds is 5. The molecule has 2 atom stereocenters. The van der Waals surface area contributed by atoms with Crippen molar-refractivity contribution in [3.05, 3.63) is 28.2 Å². The van der Waals surface area contributed by atoms with Gasteiger partial charge >= 0.3 is 5.97 Å². The third-order valence-electron chi connectivity index (χ3n) is 4.96.